The second-order valence-corrected chi connectivity index (χ2v) is 8.25. The number of hydrogen-bond acceptors (Lipinski definition) is 7. The number of piperidine rings is 1. The summed E-state index contributed by atoms with van der Waals surface area (Å²) in [4.78, 5) is 30.4. The molecule has 1 aromatic carbocycles. The smallest absolute Gasteiger partial charge is 0.219 e. The van der Waals surface area contributed by atoms with Crippen LogP contribution in [0.2, 0.25) is 0 Å². The number of carbonyl (C=O) groups excluding carboxylic acids is 2. The minimum absolute atomic E-state index is 0.00482. The summed E-state index contributed by atoms with van der Waals surface area (Å²) in [5.74, 6) is -0.612. The Morgan fingerprint density at radius 1 is 1.37 bits per heavy atom. The van der Waals surface area contributed by atoms with Gasteiger partial charge in [-0.25, -0.2) is 14.0 Å². The number of amides is 1. The molecule has 0 spiro atoms. The number of hydroxylamine groups is 1. The highest BCUT2D eigenvalue weighted by atomic mass is 79.9. The summed E-state index contributed by atoms with van der Waals surface area (Å²) in [5.41, 5.74) is 1.96. The van der Waals surface area contributed by atoms with Crippen molar-refractivity contribution in [3.8, 4) is 0 Å². The third-order valence-electron chi connectivity index (χ3n) is 5.34. The molecule has 9 nitrogen and oxygen atoms in total. The summed E-state index contributed by atoms with van der Waals surface area (Å²) in [6.07, 6.45) is 1.03. The summed E-state index contributed by atoms with van der Waals surface area (Å²) >= 11 is 3.07. The Kier molecular flexibility index (Phi) is 6.61. The van der Waals surface area contributed by atoms with Crippen molar-refractivity contribution >= 4 is 39.1 Å². The molecule has 2 aromatic rings. The first-order valence-corrected chi connectivity index (χ1v) is 10.1. The van der Waals surface area contributed by atoms with Crippen molar-refractivity contribution in [3.05, 3.63) is 39.9 Å². The van der Waals surface area contributed by atoms with Crippen LogP contribution in [0, 0.1) is 11.2 Å². The van der Waals surface area contributed by atoms with Crippen LogP contribution in [0.3, 0.4) is 0 Å². The summed E-state index contributed by atoms with van der Waals surface area (Å²) in [7, 11) is 0. The Hall–Kier alpha value is -2.66. The van der Waals surface area contributed by atoms with Gasteiger partial charge in [-0.2, -0.15) is 0 Å². The van der Waals surface area contributed by atoms with E-state index in [4.69, 9.17) is 4.63 Å². The standard InChI is InChI=1S/C19H21BrFN5O4/c1-11(27)26-7-5-19(2,6-8-26)16(28)10-15-17(25-30-24-15)18(23-29)22-12-3-4-14(21)13(20)9-12/h3-4,9,29H,5-8,10H2,1-2H3,(H,22,23). The number of ketones is 1. The van der Waals surface area contributed by atoms with Crippen LogP contribution in [-0.2, 0) is 16.0 Å². The molecule has 1 saturated heterocycles. The first-order valence-electron chi connectivity index (χ1n) is 9.28. The molecule has 1 aliphatic rings. The Morgan fingerprint density at radius 3 is 2.67 bits per heavy atom. The highest BCUT2D eigenvalue weighted by Gasteiger charge is 2.38. The molecule has 3 rings (SSSR count). The lowest BCUT2D eigenvalue weighted by Crippen LogP contribution is -2.45. The molecular formula is C19H21BrFN5O4. The molecule has 0 atom stereocenters. The fourth-order valence-corrected chi connectivity index (χ4v) is 3.64. The zero-order chi connectivity index (χ0) is 21.9. The van der Waals surface area contributed by atoms with Crippen molar-refractivity contribution in [2.45, 2.75) is 33.1 Å². The molecule has 1 aliphatic heterocycles. The minimum Gasteiger partial charge on any atom is -0.343 e. The van der Waals surface area contributed by atoms with Crippen molar-refractivity contribution in [1.82, 2.24) is 20.7 Å². The number of carbonyl (C=O) groups is 2. The van der Waals surface area contributed by atoms with Crippen molar-refractivity contribution in [3.63, 3.8) is 0 Å². The molecule has 0 radical (unpaired) electrons. The Balaban J connectivity index is 1.78. The van der Waals surface area contributed by atoms with Gasteiger partial charge in [0, 0.05) is 25.4 Å². The average molecular weight is 482 g/mol. The van der Waals surface area contributed by atoms with Crippen molar-refractivity contribution < 1.29 is 23.8 Å². The van der Waals surface area contributed by atoms with Gasteiger partial charge in [0.1, 0.15) is 17.3 Å². The molecule has 1 fully saturated rings. The maximum atomic E-state index is 13.4. The summed E-state index contributed by atoms with van der Waals surface area (Å²) in [5, 5.41) is 17.1. The van der Waals surface area contributed by atoms with Crippen molar-refractivity contribution in [2.75, 3.05) is 13.1 Å². The van der Waals surface area contributed by atoms with Gasteiger partial charge in [-0.3, -0.25) is 20.3 Å². The van der Waals surface area contributed by atoms with Crippen molar-refractivity contribution in [1.29, 1.82) is 0 Å². The lowest BCUT2D eigenvalue weighted by atomic mass is 9.75. The highest BCUT2D eigenvalue weighted by Crippen LogP contribution is 2.33. The Morgan fingerprint density at radius 2 is 2.07 bits per heavy atom. The molecule has 2 heterocycles. The van der Waals surface area contributed by atoms with Crippen LogP contribution < -0.4 is 5.48 Å². The fraction of sp³-hybridized carbons (Fsp3) is 0.421. The molecule has 1 aromatic heterocycles. The lowest BCUT2D eigenvalue weighted by molar-refractivity contribution is -0.136. The fourth-order valence-electron chi connectivity index (χ4n) is 3.28. The zero-order valence-corrected chi connectivity index (χ0v) is 18.1. The topological polar surface area (TPSA) is 121 Å². The average Bonchev–Trinajstić information content (AvgIpc) is 3.17. The number of aromatic nitrogens is 2. The molecule has 160 valence electrons. The van der Waals surface area contributed by atoms with Gasteiger partial charge in [-0.05, 0) is 52.1 Å². The van der Waals surface area contributed by atoms with E-state index in [2.05, 4.69) is 31.2 Å². The first kappa shape index (κ1) is 22.0. The summed E-state index contributed by atoms with van der Waals surface area (Å²) in [6.45, 7) is 4.42. The minimum atomic E-state index is -0.603. The van der Waals surface area contributed by atoms with Gasteiger partial charge < -0.3 is 4.90 Å². The summed E-state index contributed by atoms with van der Waals surface area (Å²) < 4.78 is 18.4. The largest absolute Gasteiger partial charge is 0.343 e. The van der Waals surface area contributed by atoms with E-state index in [1.165, 1.54) is 25.1 Å². The van der Waals surface area contributed by atoms with E-state index >= 15 is 0 Å². The van der Waals surface area contributed by atoms with Gasteiger partial charge in [0.05, 0.1) is 16.6 Å². The number of amidine groups is 1. The number of rotatable bonds is 5. The van der Waals surface area contributed by atoms with Crippen LogP contribution in [0.4, 0.5) is 10.1 Å². The highest BCUT2D eigenvalue weighted by molar-refractivity contribution is 9.10. The van der Waals surface area contributed by atoms with Crippen LogP contribution in [0.1, 0.15) is 38.1 Å². The third-order valence-corrected chi connectivity index (χ3v) is 5.95. The van der Waals surface area contributed by atoms with Gasteiger partial charge >= 0.3 is 0 Å². The predicted molar refractivity (Wildman–Crippen MR) is 108 cm³/mol. The second-order valence-electron chi connectivity index (χ2n) is 7.40. The normalized spacial score (nSPS) is 16.4. The van der Waals surface area contributed by atoms with E-state index in [9.17, 15) is 19.2 Å². The van der Waals surface area contributed by atoms with Gasteiger partial charge in [0.25, 0.3) is 0 Å². The van der Waals surface area contributed by atoms with E-state index in [1.54, 1.807) is 4.90 Å². The molecule has 0 unspecified atom stereocenters. The molecule has 1 amide bonds. The quantitative estimate of drug-likeness (QED) is 0.382. The summed E-state index contributed by atoms with van der Waals surface area (Å²) in [6, 6.07) is 4.06. The monoisotopic (exact) mass is 481 g/mol. The molecule has 30 heavy (non-hydrogen) atoms. The van der Waals surface area contributed by atoms with Crippen LogP contribution >= 0.6 is 15.9 Å². The number of benzene rings is 1. The molecule has 0 saturated carbocycles. The lowest BCUT2D eigenvalue weighted by Gasteiger charge is -2.37. The SMILES string of the molecule is CC(=O)N1CCC(C)(C(=O)Cc2nonc2C(=Nc2ccc(F)c(Br)c2)NO)CC1. The van der Waals surface area contributed by atoms with Crippen molar-refractivity contribution in [2.24, 2.45) is 10.4 Å². The number of nitrogens with one attached hydrogen (secondary N) is 1. The molecule has 0 aliphatic carbocycles. The van der Waals surface area contributed by atoms with E-state index in [-0.39, 0.29) is 39.8 Å². The molecule has 11 heteroatoms. The molecule has 0 bridgehead atoms. The van der Waals surface area contributed by atoms with Gasteiger partial charge in [-0.15, -0.1) is 0 Å². The van der Waals surface area contributed by atoms with E-state index in [0.717, 1.165) is 0 Å². The van der Waals surface area contributed by atoms with E-state index in [0.29, 0.717) is 31.6 Å². The Bertz CT molecular complexity index is 985. The third kappa shape index (κ3) is 4.73. The maximum Gasteiger partial charge on any atom is 0.219 e. The number of nitrogens with zero attached hydrogens (tertiary/aromatic N) is 4. The van der Waals surface area contributed by atoms with Gasteiger partial charge in [-0.1, -0.05) is 12.1 Å². The predicted octanol–water partition coefficient (Wildman–Crippen LogP) is 2.79. The second kappa shape index (κ2) is 9.00. The van der Waals surface area contributed by atoms with Gasteiger partial charge in [0.2, 0.25) is 5.91 Å². The van der Waals surface area contributed by atoms with E-state index < -0.39 is 11.2 Å². The molecular weight excluding hydrogens is 461 g/mol. The number of halogens is 2. The first-order chi connectivity index (χ1) is 14.2. The molecule has 2 N–H and O–H groups in total. The van der Waals surface area contributed by atoms with E-state index in [1.807, 2.05) is 12.4 Å². The maximum absolute atomic E-state index is 13.4. The van der Waals surface area contributed by atoms with Crippen LogP contribution in [0.25, 0.3) is 0 Å². The van der Waals surface area contributed by atoms with Crippen LogP contribution in [0.5, 0.6) is 0 Å². The van der Waals surface area contributed by atoms with Crippen LogP contribution in [-0.4, -0.2) is 51.0 Å². The Labute approximate surface area is 180 Å². The van der Waals surface area contributed by atoms with Gasteiger partial charge in [0.15, 0.2) is 11.5 Å². The number of Topliss-reactive ketones (excluding diaryl/α,β-unsaturated/α-hetero) is 1. The van der Waals surface area contributed by atoms with Crippen LogP contribution in [0.15, 0.2) is 32.3 Å². The number of aliphatic imine (C=N–C) groups is 1. The number of hydrogen-bond donors (Lipinski definition) is 2. The zero-order valence-electron chi connectivity index (χ0n) is 16.5. The number of likely N-dealkylation sites (tertiary alicyclic amines) is 1.